The summed E-state index contributed by atoms with van der Waals surface area (Å²) in [5.74, 6) is -1.61. The molecule has 0 saturated carbocycles. The van der Waals surface area contributed by atoms with Crippen molar-refractivity contribution in [3.05, 3.63) is 70.3 Å². The third-order valence-electron chi connectivity index (χ3n) is 4.86. The summed E-state index contributed by atoms with van der Waals surface area (Å²) in [6.07, 6.45) is 0.610. The maximum absolute atomic E-state index is 12.9. The monoisotopic (exact) mass is 429 g/mol. The Morgan fingerprint density at radius 3 is 2.33 bits per heavy atom. The molecule has 0 aromatic heterocycles. The molecule has 3 rings (SSSR count). The summed E-state index contributed by atoms with van der Waals surface area (Å²) in [6, 6.07) is 11.9. The molecule has 0 bridgehead atoms. The van der Waals surface area contributed by atoms with Gasteiger partial charge in [-0.15, -0.1) is 0 Å². The van der Waals surface area contributed by atoms with Gasteiger partial charge < -0.3 is 19.8 Å². The van der Waals surface area contributed by atoms with Crippen molar-refractivity contribution in [2.24, 2.45) is 0 Å². The lowest BCUT2D eigenvalue weighted by molar-refractivity contribution is -0.140. The second-order valence-electron chi connectivity index (χ2n) is 7.36. The average Bonchev–Trinajstić information content (AvgIpc) is 2.96. The van der Waals surface area contributed by atoms with Crippen molar-refractivity contribution in [3.63, 3.8) is 0 Å². The van der Waals surface area contributed by atoms with Crippen molar-refractivity contribution < 1.29 is 24.5 Å². The quantitative estimate of drug-likeness (QED) is 0.297. The summed E-state index contributed by atoms with van der Waals surface area (Å²) in [6.45, 7) is 4.59. The zero-order chi connectivity index (χ0) is 21.8. The number of aliphatic hydroxyl groups excluding tert-OH is 1. The predicted octanol–water partition coefficient (Wildman–Crippen LogP) is 4.28. The lowest BCUT2D eigenvalue weighted by atomic mass is 9.95. The maximum atomic E-state index is 12.9. The summed E-state index contributed by atoms with van der Waals surface area (Å²) < 4.78 is 5.55. The minimum atomic E-state index is -0.764. The summed E-state index contributed by atoms with van der Waals surface area (Å²) in [5.41, 5.74) is 1.02. The van der Waals surface area contributed by atoms with Crippen LogP contribution in [0.25, 0.3) is 5.76 Å². The van der Waals surface area contributed by atoms with E-state index in [2.05, 4.69) is 0 Å². The van der Waals surface area contributed by atoms with E-state index in [-0.39, 0.29) is 23.2 Å². The van der Waals surface area contributed by atoms with Gasteiger partial charge in [-0.05, 0) is 62.2 Å². The van der Waals surface area contributed by atoms with Crippen molar-refractivity contribution in [2.45, 2.75) is 32.4 Å². The molecule has 2 aromatic carbocycles. The van der Waals surface area contributed by atoms with Gasteiger partial charge in [-0.3, -0.25) is 9.59 Å². The molecule has 1 atom stereocenters. The highest BCUT2D eigenvalue weighted by Gasteiger charge is 2.45. The van der Waals surface area contributed by atoms with Crippen LogP contribution in [-0.2, 0) is 14.3 Å². The molecule has 1 aliphatic heterocycles. The second kappa shape index (κ2) is 9.32. The van der Waals surface area contributed by atoms with Crippen LogP contribution < -0.4 is 0 Å². The fraction of sp³-hybridized carbons (Fsp3) is 0.304. The lowest BCUT2D eigenvalue weighted by Crippen LogP contribution is -2.31. The summed E-state index contributed by atoms with van der Waals surface area (Å²) in [7, 11) is 0. The number of carbonyl (C=O) groups excluding carboxylic acids is 2. The van der Waals surface area contributed by atoms with Crippen LogP contribution >= 0.6 is 11.6 Å². The van der Waals surface area contributed by atoms with E-state index in [4.69, 9.17) is 16.3 Å². The number of aliphatic hydroxyl groups is 1. The van der Waals surface area contributed by atoms with E-state index in [0.717, 1.165) is 0 Å². The highest BCUT2D eigenvalue weighted by atomic mass is 35.5. The van der Waals surface area contributed by atoms with Crippen LogP contribution in [0.3, 0.4) is 0 Å². The van der Waals surface area contributed by atoms with Crippen LogP contribution in [0.1, 0.15) is 37.4 Å². The van der Waals surface area contributed by atoms with E-state index in [9.17, 15) is 19.8 Å². The molecule has 2 N–H and O–H groups in total. The van der Waals surface area contributed by atoms with E-state index in [1.165, 1.54) is 17.0 Å². The Labute approximate surface area is 180 Å². The van der Waals surface area contributed by atoms with Crippen LogP contribution in [0.2, 0.25) is 5.02 Å². The fourth-order valence-corrected chi connectivity index (χ4v) is 3.56. The number of likely N-dealkylation sites (tertiary alicyclic amines) is 1. The van der Waals surface area contributed by atoms with Gasteiger partial charge in [0.1, 0.15) is 11.5 Å². The molecular formula is C23H24ClNO5. The standard InChI is InChI=1S/C23H24ClNO5/c1-14(2)30-13-3-12-25-20(15-6-10-18(26)11-7-15)19(22(28)23(25)29)21(27)16-4-8-17(24)9-5-16/h4-11,14,20,26-27H,3,12-13H2,1-2H3/b21-19-. The molecular weight excluding hydrogens is 406 g/mol. The SMILES string of the molecule is CC(C)OCCCN1C(=O)C(=O)/C(=C(\O)c2ccc(Cl)cc2)C1c1ccc(O)cc1. The number of nitrogens with zero attached hydrogens (tertiary/aromatic N) is 1. The molecule has 1 fully saturated rings. The van der Waals surface area contributed by atoms with Crippen molar-refractivity contribution in [1.29, 1.82) is 0 Å². The number of ketones is 1. The van der Waals surface area contributed by atoms with Crippen molar-refractivity contribution in [3.8, 4) is 5.75 Å². The van der Waals surface area contributed by atoms with Gasteiger partial charge in [0.15, 0.2) is 0 Å². The highest BCUT2D eigenvalue weighted by molar-refractivity contribution is 6.46. The van der Waals surface area contributed by atoms with Gasteiger partial charge in [0, 0.05) is 23.7 Å². The zero-order valence-corrected chi connectivity index (χ0v) is 17.6. The van der Waals surface area contributed by atoms with Crippen LogP contribution in [-0.4, -0.2) is 46.1 Å². The second-order valence-corrected chi connectivity index (χ2v) is 7.80. The third-order valence-corrected chi connectivity index (χ3v) is 5.11. The fourth-order valence-electron chi connectivity index (χ4n) is 3.43. The van der Waals surface area contributed by atoms with E-state index in [0.29, 0.717) is 35.7 Å². The molecule has 158 valence electrons. The first-order valence-corrected chi connectivity index (χ1v) is 10.1. The Hall–Kier alpha value is -2.83. The molecule has 7 heteroatoms. The number of aromatic hydroxyl groups is 1. The van der Waals surface area contributed by atoms with Gasteiger partial charge in [-0.2, -0.15) is 0 Å². The molecule has 1 saturated heterocycles. The topological polar surface area (TPSA) is 87.1 Å². The maximum Gasteiger partial charge on any atom is 0.295 e. The molecule has 0 spiro atoms. The zero-order valence-electron chi connectivity index (χ0n) is 16.8. The normalized spacial score (nSPS) is 18.4. The molecule has 2 aromatic rings. The van der Waals surface area contributed by atoms with E-state index in [1.54, 1.807) is 36.4 Å². The largest absolute Gasteiger partial charge is 0.508 e. The van der Waals surface area contributed by atoms with Crippen LogP contribution in [0, 0.1) is 0 Å². The Balaban J connectivity index is 2.01. The Kier molecular flexibility index (Phi) is 6.80. The van der Waals surface area contributed by atoms with E-state index in [1.807, 2.05) is 13.8 Å². The number of Topliss-reactive ketones (excluding diaryl/α,β-unsaturated/α-hetero) is 1. The number of hydrogen-bond donors (Lipinski definition) is 2. The average molecular weight is 430 g/mol. The summed E-state index contributed by atoms with van der Waals surface area (Å²) >= 11 is 5.92. The van der Waals surface area contributed by atoms with E-state index < -0.39 is 17.7 Å². The van der Waals surface area contributed by atoms with Crippen molar-refractivity contribution in [2.75, 3.05) is 13.2 Å². The molecule has 30 heavy (non-hydrogen) atoms. The van der Waals surface area contributed by atoms with Gasteiger partial charge in [0.2, 0.25) is 0 Å². The number of amides is 1. The van der Waals surface area contributed by atoms with Crippen LogP contribution in [0.4, 0.5) is 0 Å². The lowest BCUT2D eigenvalue weighted by Gasteiger charge is -2.25. The molecule has 0 radical (unpaired) electrons. The molecule has 1 unspecified atom stereocenters. The minimum absolute atomic E-state index is 0.0118. The molecule has 6 nitrogen and oxygen atoms in total. The Morgan fingerprint density at radius 1 is 1.10 bits per heavy atom. The Bertz CT molecular complexity index is 951. The van der Waals surface area contributed by atoms with Gasteiger partial charge in [-0.25, -0.2) is 0 Å². The molecule has 1 heterocycles. The summed E-state index contributed by atoms with van der Waals surface area (Å²) in [4.78, 5) is 27.1. The van der Waals surface area contributed by atoms with Crippen molar-refractivity contribution >= 4 is 29.1 Å². The van der Waals surface area contributed by atoms with Crippen LogP contribution in [0.5, 0.6) is 5.75 Å². The van der Waals surface area contributed by atoms with Gasteiger partial charge in [0.25, 0.3) is 11.7 Å². The number of carbonyl (C=O) groups is 2. The number of phenols is 1. The number of ether oxygens (including phenoxy) is 1. The number of rotatable bonds is 7. The first-order valence-electron chi connectivity index (χ1n) is 9.74. The number of phenolic OH excluding ortho intramolecular Hbond substituents is 1. The smallest absolute Gasteiger partial charge is 0.295 e. The first-order chi connectivity index (χ1) is 14.3. The number of benzene rings is 2. The summed E-state index contributed by atoms with van der Waals surface area (Å²) in [5, 5.41) is 21.0. The Morgan fingerprint density at radius 2 is 1.73 bits per heavy atom. The van der Waals surface area contributed by atoms with Gasteiger partial charge >= 0.3 is 0 Å². The van der Waals surface area contributed by atoms with Crippen molar-refractivity contribution in [1.82, 2.24) is 4.90 Å². The van der Waals surface area contributed by atoms with Gasteiger partial charge in [-0.1, -0.05) is 23.7 Å². The molecule has 0 aliphatic carbocycles. The number of hydrogen-bond acceptors (Lipinski definition) is 5. The first kappa shape index (κ1) is 21.9. The van der Waals surface area contributed by atoms with Gasteiger partial charge in [0.05, 0.1) is 17.7 Å². The molecule has 1 amide bonds. The van der Waals surface area contributed by atoms with Crippen LogP contribution in [0.15, 0.2) is 54.1 Å². The minimum Gasteiger partial charge on any atom is -0.508 e. The highest BCUT2D eigenvalue weighted by Crippen LogP contribution is 2.39. The predicted molar refractivity (Wildman–Crippen MR) is 114 cm³/mol. The number of halogens is 1. The molecule has 1 aliphatic rings. The third kappa shape index (κ3) is 4.66. The van der Waals surface area contributed by atoms with E-state index >= 15 is 0 Å².